The average molecular weight is 262 g/mol. The fourth-order valence-corrected chi connectivity index (χ4v) is 1.19. The zero-order chi connectivity index (χ0) is 15.2. The van der Waals surface area contributed by atoms with Crippen LogP contribution in [0.4, 0.5) is 0 Å². The first-order chi connectivity index (χ1) is 8.85. The van der Waals surface area contributed by atoms with Crippen molar-refractivity contribution in [3.8, 4) is 0 Å². The fourth-order valence-electron chi connectivity index (χ4n) is 1.19. The summed E-state index contributed by atoms with van der Waals surface area (Å²) in [6.07, 6.45) is 7.86. The van der Waals surface area contributed by atoms with E-state index in [4.69, 9.17) is 5.11 Å². The van der Waals surface area contributed by atoms with E-state index in [0.29, 0.717) is 13.1 Å². The van der Waals surface area contributed by atoms with Gasteiger partial charge in [0.25, 0.3) is 6.47 Å². The second-order valence-corrected chi connectivity index (χ2v) is 2.71. The lowest BCUT2D eigenvalue weighted by molar-refractivity contribution is -0.128. The summed E-state index contributed by atoms with van der Waals surface area (Å²) in [6, 6.07) is 0. The Morgan fingerprint density at radius 1 is 1.11 bits per heavy atom. The van der Waals surface area contributed by atoms with Gasteiger partial charge in [0.1, 0.15) is 0 Å². The first-order valence-electron chi connectivity index (χ1n) is 6.99. The maximum absolute atomic E-state index is 9.18. The molecule has 0 saturated heterocycles. The number of hydrogen-bond acceptors (Lipinski definition) is 3. The van der Waals surface area contributed by atoms with Gasteiger partial charge in [-0.15, -0.1) is 0 Å². The van der Waals surface area contributed by atoms with Crippen molar-refractivity contribution in [3.05, 3.63) is 11.6 Å². The number of carbonyl (C=O) groups excluding carboxylic acids is 1. The summed E-state index contributed by atoms with van der Waals surface area (Å²) in [5.74, 6) is 0. The third-order valence-corrected chi connectivity index (χ3v) is 1.89. The summed E-state index contributed by atoms with van der Waals surface area (Å²) in [5.41, 5.74) is 1.67. The van der Waals surface area contributed by atoms with Crippen LogP contribution in [-0.2, 0) is 9.53 Å². The number of carbonyl (C=O) groups is 1. The number of rotatable bonds is 2. The van der Waals surface area contributed by atoms with Crippen molar-refractivity contribution in [1.29, 1.82) is 0 Å². The molecular weight excluding hydrogens is 228 g/mol. The molecule has 1 N–H and O–H groups in total. The van der Waals surface area contributed by atoms with Gasteiger partial charge in [0.2, 0.25) is 0 Å². The zero-order valence-corrected chi connectivity index (χ0v) is 13.5. The average Bonchev–Trinajstić information content (AvgIpc) is 3.00. The minimum Gasteiger partial charge on any atom is -0.468 e. The summed E-state index contributed by atoms with van der Waals surface area (Å²) >= 11 is 0. The molecule has 1 aliphatic carbocycles. The molecule has 0 amide bonds. The molecule has 0 atom stereocenters. The van der Waals surface area contributed by atoms with Crippen LogP contribution in [0.5, 0.6) is 0 Å². The van der Waals surface area contributed by atoms with Crippen molar-refractivity contribution in [2.24, 2.45) is 0 Å². The number of ether oxygens (including phenoxy) is 1. The van der Waals surface area contributed by atoms with E-state index in [1.54, 1.807) is 12.5 Å². The van der Waals surface area contributed by atoms with Crippen LogP contribution in [0.15, 0.2) is 11.6 Å². The Bertz CT molecular complexity index is 135. The molecule has 0 spiro atoms. The molecule has 112 valence electrons. The van der Waals surface area contributed by atoms with Crippen molar-refractivity contribution >= 4 is 6.47 Å². The molecule has 1 fully saturated rings. The second kappa shape index (κ2) is 36.0. The van der Waals surface area contributed by atoms with E-state index in [1.165, 1.54) is 25.7 Å². The van der Waals surface area contributed by atoms with Gasteiger partial charge in [0.15, 0.2) is 0 Å². The molecule has 0 aromatic heterocycles. The first-order valence-corrected chi connectivity index (χ1v) is 6.99. The van der Waals surface area contributed by atoms with Gasteiger partial charge in [-0.2, -0.15) is 0 Å². The van der Waals surface area contributed by atoms with Crippen molar-refractivity contribution in [1.82, 2.24) is 0 Å². The Hall–Kier alpha value is -0.830. The maximum Gasteiger partial charge on any atom is 0.293 e. The lowest BCUT2D eigenvalue weighted by Crippen LogP contribution is -1.80. The molecule has 0 aliphatic heterocycles. The van der Waals surface area contributed by atoms with E-state index < -0.39 is 0 Å². The van der Waals surface area contributed by atoms with Crippen molar-refractivity contribution in [3.63, 3.8) is 0 Å². The van der Waals surface area contributed by atoms with Crippen LogP contribution in [0.1, 0.15) is 67.2 Å². The van der Waals surface area contributed by atoms with Gasteiger partial charge in [-0.3, -0.25) is 4.79 Å². The highest BCUT2D eigenvalue weighted by molar-refractivity contribution is 5.36. The first kappa shape index (κ1) is 25.9. The standard InChI is InChI=1S/C7H12.C3H6O2.2C2H6.CH4O/c1-2-7-5-3-4-6-7;1-2-5-3-4;3*1-2/h2H,3-6H2,1H3;3H,2H2,1H3;2*1-2H3;2H,1H3. The SMILES string of the molecule is CC.CC.CC=C1CCCC1.CCOC=O.CO. The molecule has 1 saturated carbocycles. The Kier molecular flexibility index (Phi) is 51.7. The van der Waals surface area contributed by atoms with Crippen LogP contribution in [0, 0.1) is 0 Å². The molecule has 0 heterocycles. The van der Waals surface area contributed by atoms with Gasteiger partial charge in [0.05, 0.1) is 6.61 Å². The molecule has 1 aliphatic rings. The Morgan fingerprint density at radius 3 is 1.61 bits per heavy atom. The van der Waals surface area contributed by atoms with Crippen molar-refractivity contribution in [2.75, 3.05) is 13.7 Å². The lowest BCUT2D eigenvalue weighted by Gasteiger charge is -1.85. The highest BCUT2D eigenvalue weighted by Gasteiger charge is 2.02. The van der Waals surface area contributed by atoms with Crippen LogP contribution in [0.25, 0.3) is 0 Å². The minimum absolute atomic E-state index is 0.431. The second-order valence-electron chi connectivity index (χ2n) is 2.71. The molecule has 1 rings (SSSR count). The van der Waals surface area contributed by atoms with Gasteiger partial charge < -0.3 is 9.84 Å². The molecule has 0 aromatic rings. The third-order valence-electron chi connectivity index (χ3n) is 1.89. The largest absolute Gasteiger partial charge is 0.468 e. The highest BCUT2D eigenvalue weighted by Crippen LogP contribution is 2.22. The lowest BCUT2D eigenvalue weighted by atomic mass is 10.2. The predicted octanol–water partition coefficient (Wildman–Crippen LogP) is 4.35. The Balaban J connectivity index is -0.0000000792. The van der Waals surface area contributed by atoms with Crippen LogP contribution in [0.2, 0.25) is 0 Å². The molecule has 0 radical (unpaired) electrons. The van der Waals surface area contributed by atoms with E-state index in [2.05, 4.69) is 17.7 Å². The fraction of sp³-hybridized carbons (Fsp3) is 0.800. The summed E-state index contributed by atoms with van der Waals surface area (Å²) in [7, 11) is 1.00. The van der Waals surface area contributed by atoms with E-state index in [9.17, 15) is 4.79 Å². The summed E-state index contributed by atoms with van der Waals surface area (Å²) in [6.45, 7) is 12.8. The van der Waals surface area contributed by atoms with E-state index in [0.717, 1.165) is 7.11 Å². The normalized spacial score (nSPS) is 10.8. The molecule has 3 heteroatoms. The smallest absolute Gasteiger partial charge is 0.293 e. The third kappa shape index (κ3) is 29.4. The number of hydrogen-bond donors (Lipinski definition) is 1. The van der Waals surface area contributed by atoms with Gasteiger partial charge in [-0.25, -0.2) is 0 Å². The topological polar surface area (TPSA) is 46.5 Å². The van der Waals surface area contributed by atoms with Crippen molar-refractivity contribution < 1.29 is 14.6 Å². The van der Waals surface area contributed by atoms with Gasteiger partial charge in [-0.1, -0.05) is 39.3 Å². The molecule has 18 heavy (non-hydrogen) atoms. The Labute approximate surface area is 114 Å². The maximum atomic E-state index is 9.18. The molecule has 0 bridgehead atoms. The van der Waals surface area contributed by atoms with Gasteiger partial charge in [0, 0.05) is 7.11 Å². The zero-order valence-electron chi connectivity index (χ0n) is 13.5. The molecule has 0 unspecified atom stereocenters. The van der Waals surface area contributed by atoms with E-state index >= 15 is 0 Å². The number of aliphatic hydroxyl groups is 1. The summed E-state index contributed by atoms with van der Waals surface area (Å²) < 4.78 is 4.15. The Morgan fingerprint density at radius 2 is 1.50 bits per heavy atom. The van der Waals surface area contributed by atoms with Crippen LogP contribution >= 0.6 is 0 Å². The van der Waals surface area contributed by atoms with E-state index in [-0.39, 0.29) is 0 Å². The van der Waals surface area contributed by atoms with Crippen molar-refractivity contribution in [2.45, 2.75) is 67.2 Å². The van der Waals surface area contributed by atoms with Crippen LogP contribution in [-0.4, -0.2) is 25.3 Å². The van der Waals surface area contributed by atoms with Crippen LogP contribution < -0.4 is 0 Å². The monoisotopic (exact) mass is 262 g/mol. The quantitative estimate of drug-likeness (QED) is 0.594. The summed E-state index contributed by atoms with van der Waals surface area (Å²) in [4.78, 5) is 9.18. The number of aliphatic hydroxyl groups excluding tert-OH is 1. The molecule has 3 nitrogen and oxygen atoms in total. The van der Waals surface area contributed by atoms with Gasteiger partial charge in [-0.05, 0) is 39.5 Å². The molecular formula is C15H34O3. The van der Waals surface area contributed by atoms with Crippen LogP contribution in [0.3, 0.4) is 0 Å². The van der Waals surface area contributed by atoms with E-state index in [1.807, 2.05) is 27.7 Å². The highest BCUT2D eigenvalue weighted by atomic mass is 16.5. The van der Waals surface area contributed by atoms with Gasteiger partial charge >= 0.3 is 0 Å². The predicted molar refractivity (Wildman–Crippen MR) is 80.8 cm³/mol. The summed E-state index contributed by atoms with van der Waals surface area (Å²) in [5, 5.41) is 7.00. The number of allylic oxidation sites excluding steroid dienone is 2. The minimum atomic E-state index is 0.431. The molecule has 0 aromatic carbocycles.